The highest BCUT2D eigenvalue weighted by Gasteiger charge is 2.26. The quantitative estimate of drug-likeness (QED) is 0.723. The summed E-state index contributed by atoms with van der Waals surface area (Å²) in [6, 6.07) is 0. The first-order valence-corrected chi connectivity index (χ1v) is 4.83. The third kappa shape index (κ3) is 3.57. The molecule has 2 N–H and O–H groups in total. The fourth-order valence-electron chi connectivity index (χ4n) is 1.72. The topological polar surface area (TPSA) is 49.3 Å². The van der Waals surface area contributed by atoms with E-state index < -0.39 is 19.1 Å². The molecule has 0 aromatic carbocycles. The van der Waals surface area contributed by atoms with E-state index in [2.05, 4.69) is 5.32 Å². The average molecular weight is 207 g/mol. The number of alkyl halides is 2. The van der Waals surface area contributed by atoms with Crippen LogP contribution in [0.25, 0.3) is 0 Å². The predicted molar refractivity (Wildman–Crippen MR) is 47.0 cm³/mol. The van der Waals surface area contributed by atoms with Crippen molar-refractivity contribution in [3.63, 3.8) is 0 Å². The van der Waals surface area contributed by atoms with E-state index in [0.29, 0.717) is 19.3 Å². The van der Waals surface area contributed by atoms with Crippen LogP contribution in [0.5, 0.6) is 0 Å². The summed E-state index contributed by atoms with van der Waals surface area (Å²) in [7, 11) is 0. The summed E-state index contributed by atoms with van der Waals surface area (Å²) >= 11 is 0. The number of aliphatic hydroxyl groups is 1. The highest BCUT2D eigenvalue weighted by atomic mass is 19.3. The molecule has 0 aliphatic heterocycles. The van der Waals surface area contributed by atoms with Gasteiger partial charge in [0.2, 0.25) is 5.91 Å². The van der Waals surface area contributed by atoms with Crippen molar-refractivity contribution in [3.05, 3.63) is 0 Å². The van der Waals surface area contributed by atoms with E-state index in [9.17, 15) is 18.7 Å². The van der Waals surface area contributed by atoms with Gasteiger partial charge in [0.05, 0.1) is 12.6 Å². The number of hydrogen-bond donors (Lipinski definition) is 2. The summed E-state index contributed by atoms with van der Waals surface area (Å²) in [5.41, 5.74) is 0. The molecule has 5 heteroatoms. The Balaban J connectivity index is 2.29. The molecule has 0 bridgehead atoms. The second-order valence-corrected chi connectivity index (χ2v) is 3.65. The molecular formula is C9H15F2NO2. The van der Waals surface area contributed by atoms with Crippen molar-refractivity contribution in [3.8, 4) is 0 Å². The predicted octanol–water partition coefficient (Wildman–Crippen LogP) is 0.919. The van der Waals surface area contributed by atoms with Crippen LogP contribution in [0.1, 0.15) is 25.7 Å². The van der Waals surface area contributed by atoms with E-state index >= 15 is 0 Å². The molecule has 1 aliphatic carbocycles. The standard InChI is InChI=1S/C9H15F2NO2/c10-8(11)5-12-9(14)6-2-1-3-7(13)4-6/h6-8,13H,1-5H2,(H,12,14). The van der Waals surface area contributed by atoms with Crippen LogP contribution in [-0.2, 0) is 4.79 Å². The van der Waals surface area contributed by atoms with Crippen molar-refractivity contribution in [2.24, 2.45) is 5.92 Å². The minimum atomic E-state index is -2.51. The Hall–Kier alpha value is -0.710. The zero-order valence-electron chi connectivity index (χ0n) is 7.88. The smallest absolute Gasteiger partial charge is 0.255 e. The molecule has 2 atom stereocenters. The van der Waals surface area contributed by atoms with Gasteiger partial charge in [-0.3, -0.25) is 4.79 Å². The van der Waals surface area contributed by atoms with Crippen molar-refractivity contribution in [2.45, 2.75) is 38.2 Å². The summed E-state index contributed by atoms with van der Waals surface area (Å²) in [6.07, 6.45) is -0.383. The Kier molecular flexibility index (Phi) is 4.25. The molecule has 0 spiro atoms. The van der Waals surface area contributed by atoms with Gasteiger partial charge in [0.1, 0.15) is 0 Å². The molecule has 14 heavy (non-hydrogen) atoms. The monoisotopic (exact) mass is 207 g/mol. The number of carbonyl (C=O) groups excluding carboxylic acids is 1. The maximum absolute atomic E-state index is 11.8. The molecule has 1 saturated carbocycles. The lowest BCUT2D eigenvalue weighted by molar-refractivity contribution is -0.127. The Morgan fingerprint density at radius 1 is 1.50 bits per heavy atom. The number of carbonyl (C=O) groups is 1. The van der Waals surface area contributed by atoms with Crippen molar-refractivity contribution in [1.82, 2.24) is 5.32 Å². The lowest BCUT2D eigenvalue weighted by Gasteiger charge is -2.24. The number of amides is 1. The van der Waals surface area contributed by atoms with E-state index in [-0.39, 0.29) is 11.8 Å². The van der Waals surface area contributed by atoms with Gasteiger partial charge in [0.15, 0.2) is 0 Å². The van der Waals surface area contributed by atoms with Crippen LogP contribution in [0.15, 0.2) is 0 Å². The van der Waals surface area contributed by atoms with Gasteiger partial charge in [-0.25, -0.2) is 8.78 Å². The van der Waals surface area contributed by atoms with Crippen LogP contribution in [0, 0.1) is 5.92 Å². The normalized spacial score (nSPS) is 27.7. The number of rotatable bonds is 3. The molecule has 82 valence electrons. The largest absolute Gasteiger partial charge is 0.393 e. The lowest BCUT2D eigenvalue weighted by atomic mass is 9.87. The Morgan fingerprint density at radius 3 is 2.79 bits per heavy atom. The van der Waals surface area contributed by atoms with Crippen LogP contribution >= 0.6 is 0 Å². The van der Waals surface area contributed by atoms with E-state index in [1.54, 1.807) is 0 Å². The van der Waals surface area contributed by atoms with Crippen LogP contribution in [-0.4, -0.2) is 30.1 Å². The highest BCUT2D eigenvalue weighted by molar-refractivity contribution is 5.78. The molecule has 0 heterocycles. The van der Waals surface area contributed by atoms with E-state index in [1.807, 2.05) is 0 Å². The Morgan fingerprint density at radius 2 is 2.21 bits per heavy atom. The van der Waals surface area contributed by atoms with Crippen LogP contribution < -0.4 is 5.32 Å². The zero-order chi connectivity index (χ0) is 10.6. The molecule has 3 nitrogen and oxygen atoms in total. The molecular weight excluding hydrogens is 192 g/mol. The minimum absolute atomic E-state index is 0.294. The van der Waals surface area contributed by atoms with Crippen molar-refractivity contribution in [2.75, 3.05) is 6.54 Å². The average Bonchev–Trinajstić information content (AvgIpc) is 2.14. The maximum Gasteiger partial charge on any atom is 0.255 e. The van der Waals surface area contributed by atoms with Gasteiger partial charge in [-0.2, -0.15) is 0 Å². The lowest BCUT2D eigenvalue weighted by Crippen LogP contribution is -2.37. The Bertz CT molecular complexity index is 199. The molecule has 0 saturated heterocycles. The summed E-state index contributed by atoms with van der Waals surface area (Å²) in [5, 5.41) is 11.5. The third-order valence-corrected chi connectivity index (χ3v) is 2.45. The first kappa shape index (κ1) is 11.4. The molecule has 0 radical (unpaired) electrons. The fraction of sp³-hybridized carbons (Fsp3) is 0.889. The first-order valence-electron chi connectivity index (χ1n) is 4.83. The third-order valence-electron chi connectivity index (χ3n) is 2.45. The van der Waals surface area contributed by atoms with Gasteiger partial charge < -0.3 is 10.4 Å². The van der Waals surface area contributed by atoms with Gasteiger partial charge in [0.25, 0.3) is 6.43 Å². The van der Waals surface area contributed by atoms with E-state index in [1.165, 1.54) is 0 Å². The second kappa shape index (κ2) is 5.24. The minimum Gasteiger partial charge on any atom is -0.393 e. The Labute approximate surface area is 81.5 Å². The fourth-order valence-corrected chi connectivity index (χ4v) is 1.72. The SMILES string of the molecule is O=C(NCC(F)F)C1CCCC(O)C1. The zero-order valence-corrected chi connectivity index (χ0v) is 7.88. The van der Waals surface area contributed by atoms with E-state index in [0.717, 1.165) is 6.42 Å². The highest BCUT2D eigenvalue weighted by Crippen LogP contribution is 2.24. The van der Waals surface area contributed by atoms with Gasteiger partial charge in [0, 0.05) is 5.92 Å². The summed E-state index contributed by atoms with van der Waals surface area (Å²) in [5.74, 6) is -0.651. The van der Waals surface area contributed by atoms with Gasteiger partial charge >= 0.3 is 0 Å². The molecule has 1 fully saturated rings. The van der Waals surface area contributed by atoms with Gasteiger partial charge in [-0.15, -0.1) is 0 Å². The maximum atomic E-state index is 11.8. The van der Waals surface area contributed by atoms with Gasteiger partial charge in [-0.05, 0) is 19.3 Å². The van der Waals surface area contributed by atoms with Crippen molar-refractivity contribution < 1.29 is 18.7 Å². The summed E-state index contributed by atoms with van der Waals surface area (Å²) < 4.78 is 23.5. The van der Waals surface area contributed by atoms with Crippen LogP contribution in [0.2, 0.25) is 0 Å². The second-order valence-electron chi connectivity index (χ2n) is 3.65. The molecule has 0 aromatic heterocycles. The number of hydrogen-bond acceptors (Lipinski definition) is 2. The van der Waals surface area contributed by atoms with Crippen molar-refractivity contribution in [1.29, 1.82) is 0 Å². The van der Waals surface area contributed by atoms with Crippen LogP contribution in [0.4, 0.5) is 8.78 Å². The molecule has 1 amide bonds. The van der Waals surface area contributed by atoms with E-state index in [4.69, 9.17) is 0 Å². The first-order chi connectivity index (χ1) is 6.59. The number of halogens is 2. The molecule has 2 unspecified atom stereocenters. The van der Waals surface area contributed by atoms with Gasteiger partial charge in [-0.1, -0.05) is 6.42 Å². The molecule has 1 rings (SSSR count). The summed E-state index contributed by atoms with van der Waals surface area (Å²) in [4.78, 5) is 11.3. The number of nitrogens with one attached hydrogen (secondary N) is 1. The van der Waals surface area contributed by atoms with Crippen LogP contribution in [0.3, 0.4) is 0 Å². The molecule has 1 aliphatic rings. The van der Waals surface area contributed by atoms with Crippen molar-refractivity contribution >= 4 is 5.91 Å². The number of aliphatic hydroxyl groups excluding tert-OH is 1. The molecule has 0 aromatic rings. The summed E-state index contributed by atoms with van der Waals surface area (Å²) in [6.45, 7) is -0.592.